The summed E-state index contributed by atoms with van der Waals surface area (Å²) in [6.45, 7) is 0. The number of nitrogens with zero attached hydrogens (tertiary/aromatic N) is 1. The van der Waals surface area contributed by atoms with Crippen LogP contribution in [-0.2, 0) is 12.6 Å². The zero-order valence-corrected chi connectivity index (χ0v) is 19.9. The van der Waals surface area contributed by atoms with Crippen LogP contribution in [0.15, 0.2) is 103 Å². The van der Waals surface area contributed by atoms with Gasteiger partial charge in [0.1, 0.15) is 5.82 Å². The van der Waals surface area contributed by atoms with Gasteiger partial charge in [0.15, 0.2) is 0 Å². The molecule has 0 aliphatic heterocycles. The van der Waals surface area contributed by atoms with Crippen molar-refractivity contribution in [2.75, 3.05) is 10.6 Å². The van der Waals surface area contributed by atoms with Gasteiger partial charge in [0.2, 0.25) is 0 Å². The Hall–Kier alpha value is -4.72. The second-order valence-electron chi connectivity index (χ2n) is 8.66. The summed E-state index contributed by atoms with van der Waals surface area (Å²) in [5, 5.41) is 5.47. The molecule has 2 amide bonds. The van der Waals surface area contributed by atoms with E-state index >= 15 is 0 Å². The molecule has 190 valence electrons. The fourth-order valence-corrected chi connectivity index (χ4v) is 4.38. The van der Waals surface area contributed by atoms with Crippen molar-refractivity contribution in [1.29, 1.82) is 0 Å². The predicted octanol–water partition coefficient (Wildman–Crippen LogP) is 8.29. The van der Waals surface area contributed by atoms with Crippen molar-refractivity contribution in [3.05, 3.63) is 126 Å². The number of carbonyl (C=O) groups is 1. The van der Waals surface area contributed by atoms with Crippen LogP contribution in [0, 0.1) is 5.82 Å². The number of anilines is 2. The predicted molar refractivity (Wildman–Crippen MR) is 140 cm³/mol. The SMILES string of the molecule is O=C(Nc1cccc(-c2c(Cc3ccccc3)cnc3c(C(F)(F)F)cccc23)c1)Nc1ccccc1F. The highest BCUT2D eigenvalue weighted by Crippen LogP contribution is 2.39. The van der Waals surface area contributed by atoms with Gasteiger partial charge >= 0.3 is 12.2 Å². The molecule has 0 spiro atoms. The van der Waals surface area contributed by atoms with Gasteiger partial charge < -0.3 is 10.6 Å². The number of para-hydroxylation sites is 2. The van der Waals surface area contributed by atoms with Gasteiger partial charge in [-0.05, 0) is 59.0 Å². The van der Waals surface area contributed by atoms with E-state index in [4.69, 9.17) is 0 Å². The van der Waals surface area contributed by atoms with E-state index in [0.717, 1.165) is 17.2 Å². The first-order valence-electron chi connectivity index (χ1n) is 11.7. The first-order chi connectivity index (χ1) is 18.3. The second-order valence-corrected chi connectivity index (χ2v) is 8.66. The van der Waals surface area contributed by atoms with E-state index in [9.17, 15) is 22.4 Å². The molecule has 0 radical (unpaired) electrons. The number of halogens is 4. The highest BCUT2D eigenvalue weighted by molar-refractivity contribution is 6.02. The van der Waals surface area contributed by atoms with E-state index in [1.807, 2.05) is 30.3 Å². The van der Waals surface area contributed by atoms with Crippen LogP contribution in [0.2, 0.25) is 0 Å². The average Bonchev–Trinajstić information content (AvgIpc) is 2.89. The van der Waals surface area contributed by atoms with Crippen molar-refractivity contribution < 1.29 is 22.4 Å². The molecule has 8 heteroatoms. The molecule has 5 aromatic rings. The van der Waals surface area contributed by atoms with Crippen molar-refractivity contribution in [2.45, 2.75) is 12.6 Å². The smallest absolute Gasteiger partial charge is 0.308 e. The number of aromatic nitrogens is 1. The van der Waals surface area contributed by atoms with Gasteiger partial charge in [-0.1, -0.05) is 66.7 Å². The number of urea groups is 1. The monoisotopic (exact) mass is 515 g/mol. The van der Waals surface area contributed by atoms with Crippen LogP contribution in [0.1, 0.15) is 16.7 Å². The molecular formula is C30H21F4N3O. The summed E-state index contributed by atoms with van der Waals surface area (Å²) in [7, 11) is 0. The Balaban J connectivity index is 1.57. The maximum Gasteiger partial charge on any atom is 0.418 e. The van der Waals surface area contributed by atoms with E-state index in [1.165, 1.54) is 30.5 Å². The maximum atomic E-state index is 13.9. The Kier molecular flexibility index (Phi) is 6.79. The van der Waals surface area contributed by atoms with Crippen molar-refractivity contribution in [1.82, 2.24) is 4.98 Å². The van der Waals surface area contributed by atoms with E-state index in [2.05, 4.69) is 15.6 Å². The van der Waals surface area contributed by atoms with E-state index in [0.29, 0.717) is 28.6 Å². The molecule has 0 bridgehead atoms. The lowest BCUT2D eigenvalue weighted by atomic mass is 9.91. The molecule has 0 saturated carbocycles. The van der Waals surface area contributed by atoms with Crippen LogP contribution in [0.5, 0.6) is 0 Å². The number of alkyl halides is 3. The molecule has 1 aromatic heterocycles. The number of hydrogen-bond donors (Lipinski definition) is 2. The molecule has 4 nitrogen and oxygen atoms in total. The molecule has 38 heavy (non-hydrogen) atoms. The number of rotatable bonds is 5. The Morgan fingerprint density at radius 3 is 2.32 bits per heavy atom. The molecule has 0 aliphatic carbocycles. The Labute approximate surface area is 216 Å². The van der Waals surface area contributed by atoms with Gasteiger partial charge in [0.25, 0.3) is 0 Å². The maximum absolute atomic E-state index is 13.9. The van der Waals surface area contributed by atoms with Gasteiger partial charge in [-0.3, -0.25) is 4.98 Å². The summed E-state index contributed by atoms with van der Waals surface area (Å²) in [6.07, 6.45) is -2.65. The minimum Gasteiger partial charge on any atom is -0.308 e. The van der Waals surface area contributed by atoms with Crippen LogP contribution in [0.3, 0.4) is 0 Å². The number of nitrogens with one attached hydrogen (secondary N) is 2. The quantitative estimate of drug-likeness (QED) is 0.231. The van der Waals surface area contributed by atoms with Crippen molar-refractivity contribution >= 4 is 28.3 Å². The highest BCUT2D eigenvalue weighted by atomic mass is 19.4. The van der Waals surface area contributed by atoms with Gasteiger partial charge in [0, 0.05) is 17.3 Å². The standard InChI is InChI=1S/C30H21F4N3O/c31-25-14-4-5-15-26(25)37-29(38)36-22-11-6-10-20(17-22)27-21(16-19-8-2-1-3-9-19)18-35-28-23(27)12-7-13-24(28)30(32,33)34/h1-15,17-18H,16H2,(H2,36,37,38). The summed E-state index contributed by atoms with van der Waals surface area (Å²) in [4.78, 5) is 16.8. The van der Waals surface area contributed by atoms with Crippen LogP contribution in [0.25, 0.3) is 22.0 Å². The highest BCUT2D eigenvalue weighted by Gasteiger charge is 2.33. The van der Waals surface area contributed by atoms with Gasteiger partial charge in [0.05, 0.1) is 16.8 Å². The number of hydrogen-bond acceptors (Lipinski definition) is 2. The molecule has 4 aromatic carbocycles. The second kappa shape index (κ2) is 10.3. The summed E-state index contributed by atoms with van der Waals surface area (Å²) < 4.78 is 55.3. The molecule has 0 fully saturated rings. The molecule has 5 rings (SSSR count). The van der Waals surface area contributed by atoms with Crippen molar-refractivity contribution in [3.63, 3.8) is 0 Å². The van der Waals surface area contributed by atoms with E-state index in [-0.39, 0.29) is 11.2 Å². The molecule has 1 heterocycles. The lowest BCUT2D eigenvalue weighted by Crippen LogP contribution is -2.20. The number of fused-ring (bicyclic) bond motifs is 1. The first kappa shape index (κ1) is 25.0. The Morgan fingerprint density at radius 1 is 0.816 bits per heavy atom. The fourth-order valence-electron chi connectivity index (χ4n) is 4.38. The lowest BCUT2D eigenvalue weighted by molar-refractivity contribution is -0.136. The van der Waals surface area contributed by atoms with Crippen LogP contribution in [-0.4, -0.2) is 11.0 Å². The zero-order chi connectivity index (χ0) is 26.7. The number of amides is 2. The fraction of sp³-hybridized carbons (Fsp3) is 0.0667. The third-order valence-electron chi connectivity index (χ3n) is 6.05. The topological polar surface area (TPSA) is 54.0 Å². The summed E-state index contributed by atoms with van der Waals surface area (Å²) in [5.41, 5.74) is 2.33. The summed E-state index contributed by atoms with van der Waals surface area (Å²) in [6, 6.07) is 25.4. The number of benzene rings is 4. The number of pyridine rings is 1. The van der Waals surface area contributed by atoms with E-state index in [1.54, 1.807) is 36.4 Å². The molecular weight excluding hydrogens is 494 g/mol. The van der Waals surface area contributed by atoms with Crippen LogP contribution < -0.4 is 10.6 Å². The Morgan fingerprint density at radius 2 is 1.55 bits per heavy atom. The zero-order valence-electron chi connectivity index (χ0n) is 19.9. The third-order valence-corrected chi connectivity index (χ3v) is 6.05. The first-order valence-corrected chi connectivity index (χ1v) is 11.7. The normalized spacial score (nSPS) is 11.4. The van der Waals surface area contributed by atoms with Crippen LogP contribution >= 0.6 is 0 Å². The molecule has 2 N–H and O–H groups in total. The summed E-state index contributed by atoms with van der Waals surface area (Å²) >= 11 is 0. The molecule has 0 unspecified atom stereocenters. The van der Waals surface area contributed by atoms with E-state index < -0.39 is 23.6 Å². The van der Waals surface area contributed by atoms with Gasteiger partial charge in [-0.25, -0.2) is 9.18 Å². The van der Waals surface area contributed by atoms with Gasteiger partial charge in [-0.15, -0.1) is 0 Å². The molecule has 0 saturated heterocycles. The average molecular weight is 516 g/mol. The molecule has 0 atom stereocenters. The van der Waals surface area contributed by atoms with Crippen LogP contribution in [0.4, 0.5) is 33.7 Å². The largest absolute Gasteiger partial charge is 0.418 e. The van der Waals surface area contributed by atoms with Gasteiger partial charge in [-0.2, -0.15) is 13.2 Å². The summed E-state index contributed by atoms with van der Waals surface area (Å²) in [5.74, 6) is -0.578. The Bertz CT molecular complexity index is 1620. The van der Waals surface area contributed by atoms with Crippen molar-refractivity contribution in [2.24, 2.45) is 0 Å². The third kappa shape index (κ3) is 5.34. The van der Waals surface area contributed by atoms with Crippen molar-refractivity contribution in [3.8, 4) is 11.1 Å². The minimum absolute atomic E-state index is 0.0195. The lowest BCUT2D eigenvalue weighted by Gasteiger charge is -2.17. The minimum atomic E-state index is -4.57. The molecule has 0 aliphatic rings. The number of carbonyl (C=O) groups excluding carboxylic acids is 1.